The summed E-state index contributed by atoms with van der Waals surface area (Å²) in [5, 5.41) is 0. The molecular formula is C16H27NO4. The van der Waals surface area contributed by atoms with E-state index in [2.05, 4.69) is 4.90 Å². The van der Waals surface area contributed by atoms with Crippen molar-refractivity contribution >= 4 is 5.97 Å². The second-order valence-corrected chi connectivity index (χ2v) is 6.65. The fourth-order valence-corrected chi connectivity index (χ4v) is 4.15. The maximum absolute atomic E-state index is 11.4. The summed E-state index contributed by atoms with van der Waals surface area (Å²) in [6.07, 6.45) is 7.65. The number of hydrogen-bond donors (Lipinski definition) is 0. The molecule has 3 rings (SSSR count). The summed E-state index contributed by atoms with van der Waals surface area (Å²) in [7, 11) is 1.44. The molecule has 21 heavy (non-hydrogen) atoms. The fraction of sp³-hybridized carbons (Fsp3) is 0.938. The smallest absolute Gasteiger partial charge is 0.308 e. The lowest BCUT2D eigenvalue weighted by Gasteiger charge is -2.45. The molecule has 0 aromatic heterocycles. The SMILES string of the molecule is COC(=O)CC1CN(C2CCOC3(CCCC3)C2)CCO1. The molecule has 0 aromatic rings. The van der Waals surface area contributed by atoms with Gasteiger partial charge in [0.15, 0.2) is 0 Å². The average molecular weight is 297 g/mol. The van der Waals surface area contributed by atoms with E-state index in [4.69, 9.17) is 14.2 Å². The average Bonchev–Trinajstić information content (AvgIpc) is 2.95. The number of carbonyl (C=O) groups excluding carboxylic acids is 1. The van der Waals surface area contributed by atoms with Crippen LogP contribution < -0.4 is 0 Å². The Morgan fingerprint density at radius 1 is 1.33 bits per heavy atom. The number of hydrogen-bond acceptors (Lipinski definition) is 5. The van der Waals surface area contributed by atoms with Crippen molar-refractivity contribution in [1.82, 2.24) is 4.90 Å². The fourth-order valence-electron chi connectivity index (χ4n) is 4.15. The highest BCUT2D eigenvalue weighted by Gasteiger charge is 2.42. The molecule has 2 unspecified atom stereocenters. The zero-order valence-electron chi connectivity index (χ0n) is 13.0. The van der Waals surface area contributed by atoms with Gasteiger partial charge < -0.3 is 14.2 Å². The van der Waals surface area contributed by atoms with Crippen molar-refractivity contribution in [3.05, 3.63) is 0 Å². The van der Waals surface area contributed by atoms with E-state index in [1.54, 1.807) is 0 Å². The van der Waals surface area contributed by atoms with Crippen LogP contribution in [0.25, 0.3) is 0 Å². The topological polar surface area (TPSA) is 48.0 Å². The van der Waals surface area contributed by atoms with Crippen LogP contribution in [-0.4, -0.2) is 62.0 Å². The second-order valence-electron chi connectivity index (χ2n) is 6.65. The second kappa shape index (κ2) is 6.63. The van der Waals surface area contributed by atoms with Gasteiger partial charge in [0.25, 0.3) is 0 Å². The predicted octanol–water partition coefficient (Wildman–Crippen LogP) is 1.74. The van der Waals surface area contributed by atoms with E-state index in [-0.39, 0.29) is 17.7 Å². The molecule has 2 saturated heterocycles. The minimum atomic E-state index is -0.180. The summed E-state index contributed by atoms with van der Waals surface area (Å²) in [4.78, 5) is 13.9. The Hall–Kier alpha value is -0.650. The van der Waals surface area contributed by atoms with Crippen molar-refractivity contribution in [3.63, 3.8) is 0 Å². The van der Waals surface area contributed by atoms with Crippen LogP contribution in [0.2, 0.25) is 0 Å². The minimum Gasteiger partial charge on any atom is -0.469 e. The van der Waals surface area contributed by atoms with Crippen LogP contribution in [0, 0.1) is 0 Å². The van der Waals surface area contributed by atoms with Gasteiger partial charge in [0.2, 0.25) is 0 Å². The van der Waals surface area contributed by atoms with Crippen LogP contribution in [0.3, 0.4) is 0 Å². The van der Waals surface area contributed by atoms with E-state index in [1.165, 1.54) is 32.8 Å². The lowest BCUT2D eigenvalue weighted by Crippen LogP contribution is -2.53. The first-order valence-corrected chi connectivity index (χ1v) is 8.27. The number of methoxy groups -OCH3 is 1. The van der Waals surface area contributed by atoms with Crippen molar-refractivity contribution in [2.75, 3.05) is 33.4 Å². The van der Waals surface area contributed by atoms with Gasteiger partial charge in [-0.25, -0.2) is 0 Å². The lowest BCUT2D eigenvalue weighted by molar-refractivity contribution is -0.149. The highest BCUT2D eigenvalue weighted by atomic mass is 16.5. The Bertz CT molecular complexity index is 367. The van der Waals surface area contributed by atoms with E-state index < -0.39 is 0 Å². The molecule has 1 saturated carbocycles. The van der Waals surface area contributed by atoms with Gasteiger partial charge in [0.05, 0.1) is 31.8 Å². The summed E-state index contributed by atoms with van der Waals surface area (Å²) < 4.78 is 16.6. The normalized spacial score (nSPS) is 33.2. The van der Waals surface area contributed by atoms with Crippen LogP contribution in [0.5, 0.6) is 0 Å². The summed E-state index contributed by atoms with van der Waals surface area (Å²) in [6, 6.07) is 0.584. The summed E-state index contributed by atoms with van der Waals surface area (Å²) in [5.74, 6) is -0.180. The van der Waals surface area contributed by atoms with Gasteiger partial charge in [0.1, 0.15) is 0 Å². The van der Waals surface area contributed by atoms with Gasteiger partial charge in [0, 0.05) is 25.7 Å². The largest absolute Gasteiger partial charge is 0.469 e. The first kappa shape index (κ1) is 15.3. The van der Waals surface area contributed by atoms with Crippen molar-refractivity contribution in [2.24, 2.45) is 0 Å². The van der Waals surface area contributed by atoms with Gasteiger partial charge in [-0.15, -0.1) is 0 Å². The third kappa shape index (κ3) is 3.58. The quantitative estimate of drug-likeness (QED) is 0.743. The van der Waals surface area contributed by atoms with Gasteiger partial charge in [-0.1, -0.05) is 12.8 Å². The zero-order chi connectivity index (χ0) is 14.7. The molecule has 0 bridgehead atoms. The van der Waals surface area contributed by atoms with Gasteiger partial charge in [-0.3, -0.25) is 9.69 Å². The molecule has 1 spiro atoms. The van der Waals surface area contributed by atoms with Crippen LogP contribution >= 0.6 is 0 Å². The molecule has 2 atom stereocenters. The minimum absolute atomic E-state index is 0.0198. The zero-order valence-corrected chi connectivity index (χ0v) is 13.0. The molecular weight excluding hydrogens is 270 g/mol. The Kier molecular flexibility index (Phi) is 4.82. The lowest BCUT2D eigenvalue weighted by atomic mass is 9.87. The molecule has 0 amide bonds. The number of ether oxygens (including phenoxy) is 3. The highest BCUT2D eigenvalue weighted by molar-refractivity contribution is 5.69. The Morgan fingerprint density at radius 3 is 2.90 bits per heavy atom. The molecule has 2 heterocycles. The predicted molar refractivity (Wildman–Crippen MR) is 78.1 cm³/mol. The molecule has 0 aromatic carbocycles. The van der Waals surface area contributed by atoms with Crippen LogP contribution in [0.4, 0.5) is 0 Å². The molecule has 2 aliphatic heterocycles. The molecule has 5 heteroatoms. The number of esters is 1. The van der Waals surface area contributed by atoms with E-state index in [9.17, 15) is 4.79 Å². The number of rotatable bonds is 3. The number of morpholine rings is 1. The monoisotopic (exact) mass is 297 g/mol. The van der Waals surface area contributed by atoms with E-state index in [0.29, 0.717) is 19.1 Å². The maximum atomic E-state index is 11.4. The van der Waals surface area contributed by atoms with Crippen molar-refractivity contribution < 1.29 is 19.0 Å². The van der Waals surface area contributed by atoms with E-state index in [1.807, 2.05) is 0 Å². The van der Waals surface area contributed by atoms with E-state index in [0.717, 1.165) is 32.5 Å². The third-order valence-corrected chi connectivity index (χ3v) is 5.29. The van der Waals surface area contributed by atoms with Gasteiger partial charge >= 0.3 is 5.97 Å². The summed E-state index contributed by atoms with van der Waals surface area (Å²) >= 11 is 0. The third-order valence-electron chi connectivity index (χ3n) is 5.29. The van der Waals surface area contributed by atoms with Crippen molar-refractivity contribution in [3.8, 4) is 0 Å². The molecule has 5 nitrogen and oxygen atoms in total. The Morgan fingerprint density at radius 2 is 2.14 bits per heavy atom. The highest BCUT2D eigenvalue weighted by Crippen LogP contribution is 2.41. The maximum Gasteiger partial charge on any atom is 0.308 e. The molecule has 0 N–H and O–H groups in total. The van der Waals surface area contributed by atoms with Crippen LogP contribution in [0.15, 0.2) is 0 Å². The molecule has 120 valence electrons. The van der Waals surface area contributed by atoms with Crippen LogP contribution in [0.1, 0.15) is 44.9 Å². The van der Waals surface area contributed by atoms with Crippen LogP contribution in [-0.2, 0) is 19.0 Å². The van der Waals surface area contributed by atoms with Crippen molar-refractivity contribution in [1.29, 1.82) is 0 Å². The summed E-state index contributed by atoms with van der Waals surface area (Å²) in [5.41, 5.74) is 0.152. The molecule has 1 aliphatic carbocycles. The van der Waals surface area contributed by atoms with E-state index >= 15 is 0 Å². The van der Waals surface area contributed by atoms with Gasteiger partial charge in [-0.2, -0.15) is 0 Å². The number of nitrogens with zero attached hydrogens (tertiary/aromatic N) is 1. The van der Waals surface area contributed by atoms with Crippen molar-refractivity contribution in [2.45, 2.75) is 62.7 Å². The summed E-state index contributed by atoms with van der Waals surface area (Å²) in [6.45, 7) is 3.41. The molecule has 3 aliphatic rings. The number of carbonyl (C=O) groups is 1. The Balaban J connectivity index is 1.56. The molecule has 0 radical (unpaired) electrons. The first-order valence-electron chi connectivity index (χ1n) is 8.27. The Labute approximate surface area is 126 Å². The standard InChI is InChI=1S/C16H27NO4/c1-19-15(18)10-14-12-17(7-9-20-14)13-4-8-21-16(11-13)5-2-3-6-16/h13-14H,2-12H2,1H3. The first-order chi connectivity index (χ1) is 10.2. The molecule has 3 fully saturated rings. The van der Waals surface area contributed by atoms with Gasteiger partial charge in [-0.05, 0) is 25.7 Å².